The van der Waals surface area contributed by atoms with Gasteiger partial charge in [0.1, 0.15) is 6.54 Å². The molecule has 1 N–H and O–H groups in total. The molecule has 23 heavy (non-hydrogen) atoms. The van der Waals surface area contributed by atoms with Gasteiger partial charge in [0.15, 0.2) is 11.6 Å². The van der Waals surface area contributed by atoms with E-state index in [4.69, 9.17) is 4.74 Å². The van der Waals surface area contributed by atoms with E-state index in [9.17, 15) is 4.79 Å². The lowest BCUT2D eigenvalue weighted by Gasteiger charge is -2.07. The summed E-state index contributed by atoms with van der Waals surface area (Å²) in [6.45, 7) is -0.0699. The average Bonchev–Trinajstić information content (AvgIpc) is 3.04. The first kappa shape index (κ1) is 14.6. The van der Waals surface area contributed by atoms with E-state index in [0.29, 0.717) is 17.4 Å². The number of benzene rings is 1. The Balaban J connectivity index is 1.68. The number of nitrogens with zero attached hydrogens (tertiary/aromatic N) is 5. The maximum absolute atomic E-state index is 12.1. The molecular formula is C15H14N6O2. The van der Waals surface area contributed by atoms with Gasteiger partial charge in [0.25, 0.3) is 0 Å². The van der Waals surface area contributed by atoms with Gasteiger partial charge in [-0.3, -0.25) is 4.79 Å². The summed E-state index contributed by atoms with van der Waals surface area (Å²) in [6, 6.07) is 12.9. The lowest BCUT2D eigenvalue weighted by atomic mass is 10.2. The fourth-order valence-corrected chi connectivity index (χ4v) is 1.96. The van der Waals surface area contributed by atoms with Gasteiger partial charge in [-0.1, -0.05) is 30.3 Å². The number of hydrogen-bond acceptors (Lipinski definition) is 6. The topological polar surface area (TPSA) is 94.8 Å². The molecule has 116 valence electrons. The summed E-state index contributed by atoms with van der Waals surface area (Å²) in [5.41, 5.74) is 0.838. The van der Waals surface area contributed by atoms with Gasteiger partial charge in [0.2, 0.25) is 11.7 Å². The van der Waals surface area contributed by atoms with E-state index >= 15 is 0 Å². The number of rotatable bonds is 5. The van der Waals surface area contributed by atoms with Gasteiger partial charge in [-0.25, -0.2) is 4.98 Å². The number of pyridine rings is 1. The molecule has 0 aliphatic carbocycles. The number of aromatic nitrogens is 5. The third-order valence-electron chi connectivity index (χ3n) is 3.02. The van der Waals surface area contributed by atoms with Crippen LogP contribution in [0.5, 0.6) is 5.75 Å². The Morgan fingerprint density at radius 1 is 1.22 bits per heavy atom. The van der Waals surface area contributed by atoms with Crippen molar-refractivity contribution in [2.45, 2.75) is 6.54 Å². The van der Waals surface area contributed by atoms with E-state index in [-0.39, 0.29) is 12.5 Å². The second kappa shape index (κ2) is 6.65. The van der Waals surface area contributed by atoms with E-state index < -0.39 is 0 Å². The molecule has 1 aromatic carbocycles. The standard InChI is InChI=1S/C15H14N6O2/c1-23-12-8-5-9-16-15(12)17-13(22)10-21-19-14(18-20-21)11-6-3-2-4-7-11/h2-9H,10H2,1H3,(H,16,17,22). The van der Waals surface area contributed by atoms with Gasteiger partial charge in [-0.15, -0.1) is 10.2 Å². The van der Waals surface area contributed by atoms with Crippen molar-refractivity contribution in [1.82, 2.24) is 25.2 Å². The molecule has 0 fully saturated rings. The third-order valence-corrected chi connectivity index (χ3v) is 3.02. The molecule has 0 radical (unpaired) electrons. The Kier molecular flexibility index (Phi) is 4.23. The molecule has 8 nitrogen and oxygen atoms in total. The summed E-state index contributed by atoms with van der Waals surface area (Å²) in [7, 11) is 1.51. The predicted molar refractivity (Wildman–Crippen MR) is 82.7 cm³/mol. The minimum absolute atomic E-state index is 0.0699. The first-order chi connectivity index (χ1) is 11.3. The molecule has 3 aromatic rings. The van der Waals surface area contributed by atoms with Crippen molar-refractivity contribution in [2.24, 2.45) is 0 Å². The number of anilines is 1. The van der Waals surface area contributed by atoms with E-state index in [1.807, 2.05) is 30.3 Å². The van der Waals surface area contributed by atoms with Gasteiger partial charge in [0, 0.05) is 11.8 Å². The Hall–Kier alpha value is -3.29. The second-order valence-corrected chi connectivity index (χ2v) is 4.61. The highest BCUT2D eigenvalue weighted by Gasteiger charge is 2.11. The lowest BCUT2D eigenvalue weighted by molar-refractivity contribution is -0.117. The van der Waals surface area contributed by atoms with Gasteiger partial charge in [-0.05, 0) is 17.3 Å². The smallest absolute Gasteiger partial charge is 0.249 e. The van der Waals surface area contributed by atoms with Crippen LogP contribution in [0.4, 0.5) is 5.82 Å². The SMILES string of the molecule is COc1cccnc1NC(=O)Cn1nnc(-c2ccccc2)n1. The van der Waals surface area contributed by atoms with Crippen molar-refractivity contribution in [3.05, 3.63) is 48.7 Å². The zero-order valence-corrected chi connectivity index (χ0v) is 12.4. The van der Waals surface area contributed by atoms with Crippen LogP contribution in [0, 0.1) is 0 Å². The van der Waals surface area contributed by atoms with Crippen LogP contribution in [0.1, 0.15) is 0 Å². The molecule has 0 aliphatic heterocycles. The third kappa shape index (κ3) is 3.49. The number of hydrogen-bond donors (Lipinski definition) is 1. The Labute approximate surface area is 132 Å². The molecule has 0 atom stereocenters. The van der Waals surface area contributed by atoms with Crippen molar-refractivity contribution >= 4 is 11.7 Å². The number of carbonyl (C=O) groups is 1. The lowest BCUT2D eigenvalue weighted by Crippen LogP contribution is -2.21. The largest absolute Gasteiger partial charge is 0.493 e. The van der Waals surface area contributed by atoms with Crippen LogP contribution in [-0.4, -0.2) is 38.2 Å². The van der Waals surface area contributed by atoms with Crippen LogP contribution in [0.2, 0.25) is 0 Å². The highest BCUT2D eigenvalue weighted by atomic mass is 16.5. The zero-order valence-electron chi connectivity index (χ0n) is 12.4. The van der Waals surface area contributed by atoms with Crippen LogP contribution in [0.15, 0.2) is 48.7 Å². The summed E-state index contributed by atoms with van der Waals surface area (Å²) in [5, 5.41) is 14.7. The van der Waals surface area contributed by atoms with E-state index in [1.54, 1.807) is 18.3 Å². The molecule has 0 bridgehead atoms. The zero-order chi connectivity index (χ0) is 16.1. The predicted octanol–water partition coefficient (Wildman–Crippen LogP) is 1.38. The second-order valence-electron chi connectivity index (χ2n) is 4.61. The monoisotopic (exact) mass is 310 g/mol. The van der Waals surface area contributed by atoms with Gasteiger partial charge in [0.05, 0.1) is 7.11 Å². The van der Waals surface area contributed by atoms with Crippen molar-refractivity contribution in [3.8, 4) is 17.1 Å². The van der Waals surface area contributed by atoms with E-state index in [2.05, 4.69) is 25.7 Å². The normalized spacial score (nSPS) is 10.3. The van der Waals surface area contributed by atoms with Crippen LogP contribution in [-0.2, 0) is 11.3 Å². The van der Waals surface area contributed by atoms with Crippen LogP contribution >= 0.6 is 0 Å². The molecule has 0 saturated heterocycles. The number of methoxy groups -OCH3 is 1. The number of ether oxygens (including phenoxy) is 1. The Bertz CT molecular complexity index is 802. The van der Waals surface area contributed by atoms with Crippen LogP contribution in [0.3, 0.4) is 0 Å². The molecule has 2 aromatic heterocycles. The number of carbonyl (C=O) groups excluding carboxylic acids is 1. The quantitative estimate of drug-likeness (QED) is 0.765. The molecule has 2 heterocycles. The Morgan fingerprint density at radius 3 is 2.83 bits per heavy atom. The fraction of sp³-hybridized carbons (Fsp3) is 0.133. The number of amides is 1. The molecule has 3 rings (SSSR count). The molecular weight excluding hydrogens is 296 g/mol. The Morgan fingerprint density at radius 2 is 2.04 bits per heavy atom. The summed E-state index contributed by atoms with van der Waals surface area (Å²) in [4.78, 5) is 17.4. The molecule has 0 spiro atoms. The highest BCUT2D eigenvalue weighted by Crippen LogP contribution is 2.19. The van der Waals surface area contributed by atoms with Crippen molar-refractivity contribution in [1.29, 1.82) is 0 Å². The molecule has 0 saturated carbocycles. The molecule has 8 heteroatoms. The van der Waals surface area contributed by atoms with Crippen molar-refractivity contribution in [2.75, 3.05) is 12.4 Å². The highest BCUT2D eigenvalue weighted by molar-refractivity contribution is 5.90. The first-order valence-corrected chi connectivity index (χ1v) is 6.88. The van der Waals surface area contributed by atoms with Gasteiger partial charge in [-0.2, -0.15) is 4.80 Å². The number of tetrazole rings is 1. The minimum atomic E-state index is -0.320. The van der Waals surface area contributed by atoms with Crippen molar-refractivity contribution in [3.63, 3.8) is 0 Å². The maximum atomic E-state index is 12.1. The molecule has 0 aliphatic rings. The number of nitrogens with one attached hydrogen (secondary N) is 1. The average molecular weight is 310 g/mol. The van der Waals surface area contributed by atoms with Gasteiger partial charge < -0.3 is 10.1 Å². The fourth-order valence-electron chi connectivity index (χ4n) is 1.96. The van der Waals surface area contributed by atoms with Crippen molar-refractivity contribution < 1.29 is 9.53 Å². The first-order valence-electron chi connectivity index (χ1n) is 6.88. The maximum Gasteiger partial charge on any atom is 0.249 e. The molecule has 0 unspecified atom stereocenters. The van der Waals surface area contributed by atoms with Crippen LogP contribution < -0.4 is 10.1 Å². The summed E-state index contributed by atoms with van der Waals surface area (Å²) in [6.07, 6.45) is 1.57. The minimum Gasteiger partial charge on any atom is -0.493 e. The summed E-state index contributed by atoms with van der Waals surface area (Å²) >= 11 is 0. The van der Waals surface area contributed by atoms with Gasteiger partial charge >= 0.3 is 0 Å². The molecule has 1 amide bonds. The summed E-state index contributed by atoms with van der Waals surface area (Å²) in [5.74, 6) is 0.980. The van der Waals surface area contributed by atoms with Crippen LogP contribution in [0.25, 0.3) is 11.4 Å². The van der Waals surface area contributed by atoms with E-state index in [1.165, 1.54) is 11.9 Å². The van der Waals surface area contributed by atoms with E-state index in [0.717, 1.165) is 5.56 Å². The summed E-state index contributed by atoms with van der Waals surface area (Å²) < 4.78 is 5.13.